The van der Waals surface area contributed by atoms with E-state index in [-0.39, 0.29) is 11.3 Å². The lowest BCUT2D eigenvalue weighted by molar-refractivity contribution is 0.100. The number of carbonyl (C=O) groups excluding carboxylic acids is 2. The zero-order valence-electron chi connectivity index (χ0n) is 12.4. The monoisotopic (exact) mass is 332 g/mol. The molecule has 0 saturated carbocycles. The number of amides is 2. The van der Waals surface area contributed by atoms with Crippen LogP contribution in [0.2, 0.25) is 0 Å². The van der Waals surface area contributed by atoms with Gasteiger partial charge >= 0.3 is 0 Å². The van der Waals surface area contributed by atoms with Crippen molar-refractivity contribution in [2.24, 2.45) is 5.73 Å². The number of nitrogens with two attached hydrogens (primary N) is 1. The number of pyridine rings is 1. The smallest absolute Gasteiger partial charge is 0.275 e. The molecule has 23 heavy (non-hydrogen) atoms. The Kier molecular flexibility index (Phi) is 3.61. The summed E-state index contributed by atoms with van der Waals surface area (Å²) in [7, 11) is 0. The van der Waals surface area contributed by atoms with Gasteiger partial charge in [-0.05, 0) is 32.0 Å². The highest BCUT2D eigenvalue weighted by molar-refractivity contribution is 7.16. The van der Waals surface area contributed by atoms with Crippen LogP contribution in [0.1, 0.15) is 31.4 Å². The van der Waals surface area contributed by atoms with Gasteiger partial charge in [0.25, 0.3) is 11.8 Å². The molecule has 0 aromatic carbocycles. The number of aromatic nitrogens is 2. The van der Waals surface area contributed by atoms with Gasteiger partial charge in [0, 0.05) is 11.1 Å². The number of nitrogens with zero attached hydrogens (tertiary/aromatic N) is 2. The third kappa shape index (κ3) is 2.68. The molecule has 0 fully saturated rings. The van der Waals surface area contributed by atoms with Crippen LogP contribution in [0.4, 0.5) is 9.39 Å². The first kappa shape index (κ1) is 15.2. The van der Waals surface area contributed by atoms with Gasteiger partial charge in [-0.15, -0.1) is 11.3 Å². The van der Waals surface area contributed by atoms with Crippen molar-refractivity contribution in [3.8, 4) is 0 Å². The number of rotatable bonds is 3. The molecular weight excluding hydrogens is 319 g/mol. The molecule has 0 unspecified atom stereocenters. The van der Waals surface area contributed by atoms with E-state index in [1.165, 1.54) is 34.1 Å². The number of thiophene rings is 1. The molecule has 0 atom stereocenters. The number of nitrogens with one attached hydrogen (secondary N) is 1. The number of anilines is 1. The van der Waals surface area contributed by atoms with E-state index in [4.69, 9.17) is 5.73 Å². The second kappa shape index (κ2) is 5.47. The van der Waals surface area contributed by atoms with E-state index < -0.39 is 17.6 Å². The van der Waals surface area contributed by atoms with Crippen molar-refractivity contribution < 1.29 is 14.0 Å². The maximum Gasteiger partial charge on any atom is 0.275 e. The van der Waals surface area contributed by atoms with Gasteiger partial charge in [-0.25, -0.2) is 9.37 Å². The standard InChI is InChI=1S/C15H13FN4O2S/c1-7-5-10(13(17)21)15(23-7)19-14(22)12-8(2)18-11-4-3-9(16)6-20(11)12/h3-6H,1-2H3,(H2,17,21)(H,19,22). The molecule has 0 radical (unpaired) electrons. The Hall–Kier alpha value is -2.74. The molecule has 2 amide bonds. The fraction of sp³-hybridized carbons (Fsp3) is 0.133. The summed E-state index contributed by atoms with van der Waals surface area (Å²) in [6.45, 7) is 3.47. The summed E-state index contributed by atoms with van der Waals surface area (Å²) < 4.78 is 14.8. The molecule has 0 aliphatic carbocycles. The summed E-state index contributed by atoms with van der Waals surface area (Å²) in [5, 5.41) is 3.03. The maximum atomic E-state index is 13.5. The van der Waals surface area contributed by atoms with Crippen LogP contribution in [0, 0.1) is 19.7 Å². The molecule has 118 valence electrons. The van der Waals surface area contributed by atoms with E-state index in [0.29, 0.717) is 16.3 Å². The second-order valence-electron chi connectivity index (χ2n) is 5.04. The van der Waals surface area contributed by atoms with Crippen LogP contribution in [0.25, 0.3) is 5.65 Å². The number of halogens is 1. The van der Waals surface area contributed by atoms with Crippen molar-refractivity contribution in [2.45, 2.75) is 13.8 Å². The van der Waals surface area contributed by atoms with Crippen molar-refractivity contribution >= 4 is 33.8 Å². The Morgan fingerprint density at radius 2 is 2.09 bits per heavy atom. The number of primary amides is 1. The Labute approximate surface area is 134 Å². The van der Waals surface area contributed by atoms with E-state index in [1.54, 1.807) is 13.0 Å². The molecular formula is C15H13FN4O2S. The van der Waals surface area contributed by atoms with Crippen LogP contribution in [-0.4, -0.2) is 21.2 Å². The van der Waals surface area contributed by atoms with E-state index in [2.05, 4.69) is 10.3 Å². The highest BCUT2D eigenvalue weighted by Gasteiger charge is 2.20. The lowest BCUT2D eigenvalue weighted by Gasteiger charge is -2.05. The predicted octanol–water partition coefficient (Wildman–Crippen LogP) is 2.50. The molecule has 0 spiro atoms. The Morgan fingerprint density at radius 1 is 1.35 bits per heavy atom. The molecule has 6 nitrogen and oxygen atoms in total. The van der Waals surface area contributed by atoms with Crippen LogP contribution >= 0.6 is 11.3 Å². The van der Waals surface area contributed by atoms with Crippen molar-refractivity contribution in [1.82, 2.24) is 9.38 Å². The number of imidazole rings is 1. The molecule has 3 aromatic rings. The molecule has 3 aromatic heterocycles. The third-order valence-corrected chi connectivity index (χ3v) is 4.29. The van der Waals surface area contributed by atoms with Crippen molar-refractivity contribution in [3.63, 3.8) is 0 Å². The number of fused-ring (bicyclic) bond motifs is 1. The molecule has 3 N–H and O–H groups in total. The number of aryl methyl sites for hydroxylation is 2. The highest BCUT2D eigenvalue weighted by Crippen LogP contribution is 2.28. The van der Waals surface area contributed by atoms with Gasteiger partial charge < -0.3 is 11.1 Å². The SMILES string of the molecule is Cc1cc(C(N)=O)c(NC(=O)c2c(C)nc3ccc(F)cn23)s1. The van der Waals surface area contributed by atoms with Gasteiger partial charge in [-0.2, -0.15) is 0 Å². The first-order valence-electron chi connectivity index (χ1n) is 6.72. The molecule has 0 aliphatic heterocycles. The van der Waals surface area contributed by atoms with Gasteiger partial charge in [0.1, 0.15) is 22.2 Å². The fourth-order valence-corrected chi connectivity index (χ4v) is 3.27. The maximum absolute atomic E-state index is 13.5. The molecule has 0 bridgehead atoms. The predicted molar refractivity (Wildman–Crippen MR) is 85.4 cm³/mol. The third-order valence-electron chi connectivity index (χ3n) is 3.32. The topological polar surface area (TPSA) is 89.5 Å². The minimum atomic E-state index is -0.620. The van der Waals surface area contributed by atoms with E-state index >= 15 is 0 Å². The molecule has 3 rings (SSSR count). The second-order valence-corrected chi connectivity index (χ2v) is 6.30. The normalized spacial score (nSPS) is 10.9. The van der Waals surface area contributed by atoms with Crippen LogP contribution < -0.4 is 11.1 Å². The number of hydrogen-bond acceptors (Lipinski definition) is 4. The Bertz CT molecular complexity index is 944. The lowest BCUT2D eigenvalue weighted by atomic mass is 10.2. The first-order chi connectivity index (χ1) is 10.9. The molecule has 8 heteroatoms. The van der Waals surface area contributed by atoms with Crippen LogP contribution in [0.5, 0.6) is 0 Å². The van der Waals surface area contributed by atoms with Gasteiger partial charge in [-0.1, -0.05) is 0 Å². The molecule has 0 saturated heterocycles. The van der Waals surface area contributed by atoms with E-state index in [9.17, 15) is 14.0 Å². The van der Waals surface area contributed by atoms with E-state index in [1.807, 2.05) is 6.92 Å². The van der Waals surface area contributed by atoms with Gasteiger partial charge in [0.2, 0.25) is 0 Å². The van der Waals surface area contributed by atoms with Crippen LogP contribution in [0.3, 0.4) is 0 Å². The zero-order chi connectivity index (χ0) is 16.7. The van der Waals surface area contributed by atoms with E-state index in [0.717, 1.165) is 4.88 Å². The van der Waals surface area contributed by atoms with Crippen LogP contribution in [0.15, 0.2) is 24.4 Å². The van der Waals surface area contributed by atoms with Gasteiger partial charge in [0.15, 0.2) is 0 Å². The molecule has 3 heterocycles. The Balaban J connectivity index is 2.03. The summed E-state index contributed by atoms with van der Waals surface area (Å²) in [6.07, 6.45) is 1.19. The van der Waals surface area contributed by atoms with Crippen molar-refractivity contribution in [2.75, 3.05) is 5.32 Å². The summed E-state index contributed by atoms with van der Waals surface area (Å²) in [6, 6.07) is 4.38. The van der Waals surface area contributed by atoms with Crippen molar-refractivity contribution in [3.05, 3.63) is 52.0 Å². The summed E-state index contributed by atoms with van der Waals surface area (Å²) in [5.74, 6) is -1.58. The average Bonchev–Trinajstić information content (AvgIpc) is 2.97. The first-order valence-corrected chi connectivity index (χ1v) is 7.54. The van der Waals surface area contributed by atoms with Gasteiger partial charge in [0.05, 0.1) is 11.3 Å². The van der Waals surface area contributed by atoms with Gasteiger partial charge in [-0.3, -0.25) is 14.0 Å². The highest BCUT2D eigenvalue weighted by atomic mass is 32.1. The average molecular weight is 332 g/mol. The minimum Gasteiger partial charge on any atom is -0.366 e. The number of hydrogen-bond donors (Lipinski definition) is 2. The fourth-order valence-electron chi connectivity index (χ4n) is 2.36. The van der Waals surface area contributed by atoms with Crippen LogP contribution in [-0.2, 0) is 0 Å². The summed E-state index contributed by atoms with van der Waals surface area (Å²) >= 11 is 1.25. The summed E-state index contributed by atoms with van der Waals surface area (Å²) in [5.41, 5.74) is 6.69. The minimum absolute atomic E-state index is 0.209. The quantitative estimate of drug-likeness (QED) is 0.772. The zero-order valence-corrected chi connectivity index (χ0v) is 13.2. The number of carbonyl (C=O) groups is 2. The Morgan fingerprint density at radius 3 is 2.78 bits per heavy atom. The summed E-state index contributed by atoms with van der Waals surface area (Å²) in [4.78, 5) is 29.1. The molecule has 0 aliphatic rings. The largest absolute Gasteiger partial charge is 0.366 e. The van der Waals surface area contributed by atoms with Crippen molar-refractivity contribution in [1.29, 1.82) is 0 Å². The lowest BCUT2D eigenvalue weighted by Crippen LogP contribution is -2.18.